The van der Waals surface area contributed by atoms with Crippen LogP contribution in [0.4, 0.5) is 0 Å². The number of aromatic nitrogens is 1. The van der Waals surface area contributed by atoms with E-state index in [0.717, 1.165) is 37.1 Å². The standard InChI is InChI=1S/C25H26N2O/c1-28-25-11-8-21(9-12-25)23-15-19(17-26-18-23)7-10-24-16-22(13-14-27-24)20-5-3-2-4-6-20/h2-6,8-9,11-13,15,17-18,24,27H,7,10,14,16H2,1H3. The molecule has 0 amide bonds. The molecule has 3 nitrogen and oxygen atoms in total. The van der Waals surface area contributed by atoms with Gasteiger partial charge in [-0.25, -0.2) is 0 Å². The highest BCUT2D eigenvalue weighted by Crippen LogP contribution is 2.26. The lowest BCUT2D eigenvalue weighted by Crippen LogP contribution is -2.33. The molecule has 1 aromatic heterocycles. The van der Waals surface area contributed by atoms with E-state index < -0.39 is 0 Å². The van der Waals surface area contributed by atoms with Gasteiger partial charge in [-0.05, 0) is 59.7 Å². The molecule has 1 atom stereocenters. The Morgan fingerprint density at radius 1 is 0.964 bits per heavy atom. The first-order valence-corrected chi connectivity index (χ1v) is 9.88. The third kappa shape index (κ3) is 4.49. The van der Waals surface area contributed by atoms with Gasteiger partial charge in [0.05, 0.1) is 7.11 Å². The zero-order valence-electron chi connectivity index (χ0n) is 16.3. The fourth-order valence-corrected chi connectivity index (χ4v) is 3.77. The van der Waals surface area contributed by atoms with Gasteiger partial charge < -0.3 is 10.1 Å². The lowest BCUT2D eigenvalue weighted by molar-refractivity contribution is 0.415. The van der Waals surface area contributed by atoms with Crippen molar-refractivity contribution in [2.24, 2.45) is 0 Å². The van der Waals surface area contributed by atoms with Gasteiger partial charge in [-0.15, -0.1) is 0 Å². The smallest absolute Gasteiger partial charge is 0.118 e. The molecule has 0 fully saturated rings. The molecule has 3 heteroatoms. The maximum Gasteiger partial charge on any atom is 0.118 e. The monoisotopic (exact) mass is 370 g/mol. The first-order valence-electron chi connectivity index (χ1n) is 9.88. The summed E-state index contributed by atoms with van der Waals surface area (Å²) in [5.41, 5.74) is 6.40. The third-order valence-electron chi connectivity index (χ3n) is 5.37. The van der Waals surface area contributed by atoms with Gasteiger partial charge in [0.2, 0.25) is 0 Å². The van der Waals surface area contributed by atoms with Gasteiger partial charge >= 0.3 is 0 Å². The molecular formula is C25H26N2O. The number of nitrogens with zero attached hydrogens (tertiary/aromatic N) is 1. The Hall–Kier alpha value is -2.91. The molecule has 2 aromatic carbocycles. The van der Waals surface area contributed by atoms with Crippen LogP contribution in [0.1, 0.15) is 24.0 Å². The highest BCUT2D eigenvalue weighted by Gasteiger charge is 2.16. The number of nitrogens with one attached hydrogen (secondary N) is 1. The van der Waals surface area contributed by atoms with E-state index in [4.69, 9.17) is 4.74 Å². The largest absolute Gasteiger partial charge is 0.497 e. The zero-order chi connectivity index (χ0) is 19.2. The van der Waals surface area contributed by atoms with E-state index in [9.17, 15) is 0 Å². The Kier molecular flexibility index (Phi) is 5.83. The van der Waals surface area contributed by atoms with E-state index in [0.29, 0.717) is 6.04 Å². The van der Waals surface area contributed by atoms with Gasteiger partial charge in [0.15, 0.2) is 0 Å². The molecular weight excluding hydrogens is 344 g/mol. The number of aryl methyl sites for hydroxylation is 1. The second-order valence-corrected chi connectivity index (χ2v) is 7.25. The van der Waals surface area contributed by atoms with Crippen molar-refractivity contribution in [1.82, 2.24) is 10.3 Å². The van der Waals surface area contributed by atoms with Crippen LogP contribution >= 0.6 is 0 Å². The molecule has 1 aliphatic rings. The van der Waals surface area contributed by atoms with Gasteiger partial charge in [-0.2, -0.15) is 0 Å². The molecule has 0 bridgehead atoms. The molecule has 1 N–H and O–H groups in total. The van der Waals surface area contributed by atoms with Crippen LogP contribution in [0.25, 0.3) is 16.7 Å². The van der Waals surface area contributed by atoms with Crippen LogP contribution in [0, 0.1) is 0 Å². The van der Waals surface area contributed by atoms with Crippen molar-refractivity contribution >= 4 is 5.57 Å². The Morgan fingerprint density at radius 3 is 2.57 bits per heavy atom. The molecule has 1 unspecified atom stereocenters. The molecule has 28 heavy (non-hydrogen) atoms. The predicted octanol–water partition coefficient (Wildman–Crippen LogP) is 5.14. The maximum absolute atomic E-state index is 5.25. The Morgan fingerprint density at radius 2 is 1.79 bits per heavy atom. The zero-order valence-corrected chi connectivity index (χ0v) is 16.3. The minimum absolute atomic E-state index is 0.504. The van der Waals surface area contributed by atoms with E-state index in [-0.39, 0.29) is 0 Å². The summed E-state index contributed by atoms with van der Waals surface area (Å²) in [7, 11) is 1.69. The van der Waals surface area contributed by atoms with Crippen LogP contribution in [0.2, 0.25) is 0 Å². The highest BCUT2D eigenvalue weighted by atomic mass is 16.5. The minimum atomic E-state index is 0.504. The summed E-state index contributed by atoms with van der Waals surface area (Å²) in [5.74, 6) is 0.874. The number of rotatable bonds is 6. The van der Waals surface area contributed by atoms with Gasteiger partial charge in [-0.1, -0.05) is 48.5 Å². The number of benzene rings is 2. The highest BCUT2D eigenvalue weighted by molar-refractivity contribution is 5.67. The van der Waals surface area contributed by atoms with Crippen LogP contribution in [-0.2, 0) is 6.42 Å². The van der Waals surface area contributed by atoms with Crippen LogP contribution in [0.3, 0.4) is 0 Å². The van der Waals surface area contributed by atoms with Crippen LogP contribution < -0.4 is 10.1 Å². The lowest BCUT2D eigenvalue weighted by atomic mass is 9.92. The molecule has 142 valence electrons. The van der Waals surface area contributed by atoms with Crippen molar-refractivity contribution in [1.29, 1.82) is 0 Å². The summed E-state index contributed by atoms with van der Waals surface area (Å²) in [6, 6.07) is 21.6. The van der Waals surface area contributed by atoms with Crippen molar-refractivity contribution in [3.05, 3.63) is 90.3 Å². The van der Waals surface area contributed by atoms with Gasteiger partial charge in [0.25, 0.3) is 0 Å². The van der Waals surface area contributed by atoms with Crippen molar-refractivity contribution < 1.29 is 4.74 Å². The van der Waals surface area contributed by atoms with Crippen LogP contribution in [-0.4, -0.2) is 24.7 Å². The SMILES string of the molecule is COc1ccc(-c2cncc(CCC3CC(c4ccccc4)=CCN3)c2)cc1. The molecule has 0 saturated heterocycles. The second-order valence-electron chi connectivity index (χ2n) is 7.25. The average molecular weight is 370 g/mol. The molecule has 0 aliphatic carbocycles. The predicted molar refractivity (Wildman–Crippen MR) is 115 cm³/mol. The first-order chi connectivity index (χ1) is 13.8. The molecule has 4 rings (SSSR count). The quantitative estimate of drug-likeness (QED) is 0.653. The molecule has 1 aliphatic heterocycles. The summed E-state index contributed by atoms with van der Waals surface area (Å²) in [6.07, 6.45) is 9.45. The third-order valence-corrected chi connectivity index (χ3v) is 5.37. The van der Waals surface area contributed by atoms with Gasteiger partial charge in [0, 0.05) is 30.5 Å². The first kappa shape index (κ1) is 18.5. The van der Waals surface area contributed by atoms with Crippen molar-refractivity contribution in [2.75, 3.05) is 13.7 Å². The van der Waals surface area contributed by atoms with Crippen molar-refractivity contribution in [3.63, 3.8) is 0 Å². The molecule has 3 aromatic rings. The van der Waals surface area contributed by atoms with Crippen molar-refractivity contribution in [2.45, 2.75) is 25.3 Å². The van der Waals surface area contributed by atoms with E-state index in [1.54, 1.807) is 7.11 Å². The lowest BCUT2D eigenvalue weighted by Gasteiger charge is -2.24. The topological polar surface area (TPSA) is 34.1 Å². The Balaban J connectivity index is 1.39. The second kappa shape index (κ2) is 8.85. The Labute approximate surface area is 167 Å². The molecule has 0 spiro atoms. The molecule has 2 heterocycles. The Bertz CT molecular complexity index is 932. The van der Waals surface area contributed by atoms with Gasteiger partial charge in [-0.3, -0.25) is 4.98 Å². The van der Waals surface area contributed by atoms with E-state index in [1.807, 2.05) is 24.5 Å². The molecule has 0 radical (unpaired) electrons. The van der Waals surface area contributed by atoms with E-state index >= 15 is 0 Å². The summed E-state index contributed by atoms with van der Waals surface area (Å²) >= 11 is 0. The summed E-state index contributed by atoms with van der Waals surface area (Å²) in [6.45, 7) is 0.943. The summed E-state index contributed by atoms with van der Waals surface area (Å²) < 4.78 is 5.25. The number of hydrogen-bond acceptors (Lipinski definition) is 3. The normalized spacial score (nSPS) is 16.5. The van der Waals surface area contributed by atoms with E-state index in [1.165, 1.54) is 22.3 Å². The van der Waals surface area contributed by atoms with Crippen LogP contribution in [0.15, 0.2) is 79.1 Å². The number of hydrogen-bond donors (Lipinski definition) is 1. The van der Waals surface area contributed by atoms with Crippen LogP contribution in [0.5, 0.6) is 5.75 Å². The minimum Gasteiger partial charge on any atom is -0.497 e. The summed E-state index contributed by atoms with van der Waals surface area (Å²) in [5, 5.41) is 3.64. The van der Waals surface area contributed by atoms with Crippen molar-refractivity contribution in [3.8, 4) is 16.9 Å². The van der Waals surface area contributed by atoms with Gasteiger partial charge in [0.1, 0.15) is 5.75 Å². The average Bonchev–Trinajstić information content (AvgIpc) is 2.79. The fraction of sp³-hybridized carbons (Fsp3) is 0.240. The number of pyridine rings is 1. The summed E-state index contributed by atoms with van der Waals surface area (Å²) in [4.78, 5) is 4.47. The fourth-order valence-electron chi connectivity index (χ4n) is 3.77. The number of ether oxygens (including phenoxy) is 1. The maximum atomic E-state index is 5.25. The number of methoxy groups -OCH3 is 1. The molecule has 0 saturated carbocycles. The van der Waals surface area contributed by atoms with E-state index in [2.05, 4.69) is 64.9 Å².